The molecule has 0 aliphatic heterocycles. The quantitative estimate of drug-likeness (QED) is 0.322. The predicted octanol–water partition coefficient (Wildman–Crippen LogP) is 4.53. The van der Waals surface area contributed by atoms with Crippen LogP contribution in [0.15, 0.2) is 53.7 Å². The van der Waals surface area contributed by atoms with E-state index in [0.29, 0.717) is 23.9 Å². The molecule has 0 atom stereocenters. The molecule has 0 radical (unpaired) electrons. The summed E-state index contributed by atoms with van der Waals surface area (Å²) in [6.45, 7) is 6.65. The van der Waals surface area contributed by atoms with Crippen LogP contribution in [-0.2, 0) is 10.0 Å². The van der Waals surface area contributed by atoms with Crippen molar-refractivity contribution in [2.75, 3.05) is 17.7 Å². The van der Waals surface area contributed by atoms with Crippen LogP contribution in [0.4, 0.5) is 11.5 Å². The summed E-state index contributed by atoms with van der Waals surface area (Å²) in [5.41, 5.74) is 6.60. The normalized spacial score (nSPS) is 14.4. The van der Waals surface area contributed by atoms with Crippen molar-refractivity contribution in [1.29, 1.82) is 0 Å². The van der Waals surface area contributed by atoms with Crippen LogP contribution in [0.1, 0.15) is 69.7 Å². The van der Waals surface area contributed by atoms with Gasteiger partial charge in [0.05, 0.1) is 17.9 Å². The molecule has 0 bridgehead atoms. The second-order valence-electron chi connectivity index (χ2n) is 10.3. The molecule has 3 aromatic rings. The Labute approximate surface area is 224 Å². The van der Waals surface area contributed by atoms with Gasteiger partial charge in [0.15, 0.2) is 5.03 Å². The van der Waals surface area contributed by atoms with Crippen LogP contribution in [0.2, 0.25) is 0 Å². The second-order valence-corrected chi connectivity index (χ2v) is 11.9. The van der Waals surface area contributed by atoms with Crippen LogP contribution in [0, 0.1) is 5.92 Å². The zero-order valence-corrected chi connectivity index (χ0v) is 22.9. The number of nitrogen functional groups attached to an aromatic ring is 1. The van der Waals surface area contributed by atoms with Crippen molar-refractivity contribution < 1.29 is 17.9 Å². The first-order valence-corrected chi connectivity index (χ1v) is 14.5. The minimum Gasteiger partial charge on any atom is -0.477 e. The van der Waals surface area contributed by atoms with E-state index in [2.05, 4.69) is 20.1 Å². The zero-order valence-electron chi connectivity index (χ0n) is 22.1. The number of carbonyl (C=O) groups is 1. The van der Waals surface area contributed by atoms with E-state index in [1.54, 1.807) is 29.1 Å². The van der Waals surface area contributed by atoms with Crippen molar-refractivity contribution in [3.8, 4) is 11.6 Å². The lowest BCUT2D eigenvalue weighted by atomic mass is 10.00. The molecular formula is C27H36N6O4S. The monoisotopic (exact) mass is 540 g/mol. The standard InChI is InChI=1S/C27H36N6O4S/c1-4-27(2,3)30-22-18-20(33-16-14-24(31-33)37-17-15-19-8-5-6-9-19)12-13-21(22)26(34)32-38(35,36)25-11-7-10-23(28)29-25/h7,10-14,16,18-19,30H,4-6,8-9,15,17H2,1-3H3,(H2,28,29)(H,32,34). The molecule has 204 valence electrons. The van der Waals surface area contributed by atoms with Crippen molar-refractivity contribution in [3.05, 3.63) is 54.2 Å². The Hall–Kier alpha value is -3.60. The summed E-state index contributed by atoms with van der Waals surface area (Å²) in [5.74, 6) is 0.531. The fraction of sp³-hybridized carbons (Fsp3) is 0.444. The predicted molar refractivity (Wildman–Crippen MR) is 147 cm³/mol. The van der Waals surface area contributed by atoms with E-state index in [0.717, 1.165) is 18.8 Å². The highest BCUT2D eigenvalue weighted by molar-refractivity contribution is 7.90. The molecule has 1 aliphatic carbocycles. The number of nitrogens with one attached hydrogen (secondary N) is 2. The topological polar surface area (TPSA) is 141 Å². The lowest BCUT2D eigenvalue weighted by molar-refractivity contribution is 0.0982. The third-order valence-electron chi connectivity index (χ3n) is 6.93. The smallest absolute Gasteiger partial charge is 0.281 e. The third kappa shape index (κ3) is 6.83. The van der Waals surface area contributed by atoms with Crippen molar-refractivity contribution in [2.24, 2.45) is 5.92 Å². The lowest BCUT2D eigenvalue weighted by Crippen LogP contribution is -2.34. The van der Waals surface area contributed by atoms with Crippen LogP contribution in [0.25, 0.3) is 5.69 Å². The van der Waals surface area contributed by atoms with Crippen LogP contribution >= 0.6 is 0 Å². The number of carbonyl (C=O) groups excluding carboxylic acids is 1. The van der Waals surface area contributed by atoms with Gasteiger partial charge in [0.1, 0.15) is 5.82 Å². The van der Waals surface area contributed by atoms with E-state index < -0.39 is 15.9 Å². The van der Waals surface area contributed by atoms with E-state index in [9.17, 15) is 13.2 Å². The molecule has 11 heteroatoms. The van der Waals surface area contributed by atoms with Gasteiger partial charge in [-0.1, -0.05) is 38.7 Å². The molecule has 1 aliphatic rings. The van der Waals surface area contributed by atoms with Crippen molar-refractivity contribution in [1.82, 2.24) is 19.5 Å². The van der Waals surface area contributed by atoms with Crippen molar-refractivity contribution in [2.45, 2.75) is 69.9 Å². The summed E-state index contributed by atoms with van der Waals surface area (Å²) in [4.78, 5) is 17.0. The molecular weight excluding hydrogens is 504 g/mol. The van der Waals surface area contributed by atoms with E-state index in [-0.39, 0.29) is 21.9 Å². The Morgan fingerprint density at radius 1 is 1.18 bits per heavy atom. The minimum absolute atomic E-state index is 0.0397. The van der Waals surface area contributed by atoms with Crippen molar-refractivity contribution in [3.63, 3.8) is 0 Å². The highest BCUT2D eigenvalue weighted by Crippen LogP contribution is 2.28. The summed E-state index contributed by atoms with van der Waals surface area (Å²) in [6, 6.07) is 11.1. The van der Waals surface area contributed by atoms with Gasteiger partial charge >= 0.3 is 0 Å². The number of nitrogens with two attached hydrogens (primary N) is 1. The third-order valence-corrected chi connectivity index (χ3v) is 8.16. The number of pyridine rings is 1. The number of anilines is 2. The number of rotatable bonds is 11. The van der Waals surface area contributed by atoms with Gasteiger partial charge in [-0.3, -0.25) is 4.79 Å². The Morgan fingerprint density at radius 3 is 2.66 bits per heavy atom. The number of nitrogens with zero attached hydrogens (tertiary/aromatic N) is 3. The van der Waals surface area contributed by atoms with Crippen molar-refractivity contribution >= 4 is 27.4 Å². The molecule has 1 saturated carbocycles. The highest BCUT2D eigenvalue weighted by atomic mass is 32.2. The maximum Gasteiger partial charge on any atom is 0.281 e. The number of hydrogen-bond acceptors (Lipinski definition) is 8. The van der Waals surface area contributed by atoms with Gasteiger partial charge < -0.3 is 15.8 Å². The largest absolute Gasteiger partial charge is 0.477 e. The average molecular weight is 541 g/mol. The van der Waals surface area contributed by atoms with Gasteiger partial charge in [-0.05, 0) is 62.9 Å². The van der Waals surface area contributed by atoms with Crippen LogP contribution in [0.3, 0.4) is 0 Å². The lowest BCUT2D eigenvalue weighted by Gasteiger charge is -2.27. The highest BCUT2D eigenvalue weighted by Gasteiger charge is 2.25. The number of ether oxygens (including phenoxy) is 1. The molecule has 0 unspecified atom stereocenters. The summed E-state index contributed by atoms with van der Waals surface area (Å²) in [7, 11) is -4.22. The first-order chi connectivity index (χ1) is 18.1. The Balaban J connectivity index is 1.55. The molecule has 1 aromatic carbocycles. The SMILES string of the molecule is CCC(C)(C)Nc1cc(-n2ccc(OCCC3CCCC3)n2)ccc1C(=O)NS(=O)(=O)c1cccc(N)n1. The van der Waals surface area contributed by atoms with Gasteiger partial charge in [-0.15, -0.1) is 5.10 Å². The first-order valence-electron chi connectivity index (χ1n) is 13.0. The Bertz CT molecular complexity index is 1380. The number of sulfonamides is 1. The van der Waals surface area contributed by atoms with Gasteiger partial charge in [-0.25, -0.2) is 14.4 Å². The molecule has 10 nitrogen and oxygen atoms in total. The van der Waals surface area contributed by atoms with E-state index in [1.807, 2.05) is 26.8 Å². The fourth-order valence-electron chi connectivity index (χ4n) is 4.40. The Morgan fingerprint density at radius 2 is 1.95 bits per heavy atom. The maximum atomic E-state index is 13.2. The van der Waals surface area contributed by atoms with Gasteiger partial charge in [0.2, 0.25) is 5.88 Å². The summed E-state index contributed by atoms with van der Waals surface area (Å²) < 4.78 is 35.2. The summed E-state index contributed by atoms with van der Waals surface area (Å²) >= 11 is 0. The second kappa shape index (κ2) is 11.4. The van der Waals surface area contributed by atoms with Gasteiger partial charge in [-0.2, -0.15) is 8.42 Å². The zero-order chi connectivity index (χ0) is 27.3. The molecule has 38 heavy (non-hydrogen) atoms. The van der Waals surface area contributed by atoms with Crippen LogP contribution in [0.5, 0.6) is 5.88 Å². The molecule has 0 spiro atoms. The van der Waals surface area contributed by atoms with E-state index in [4.69, 9.17) is 10.5 Å². The van der Waals surface area contributed by atoms with E-state index >= 15 is 0 Å². The first kappa shape index (κ1) is 27.4. The molecule has 2 aromatic heterocycles. The molecule has 4 rings (SSSR count). The van der Waals surface area contributed by atoms with Crippen LogP contribution < -0.4 is 20.5 Å². The molecule has 0 saturated heterocycles. The molecule has 4 N–H and O–H groups in total. The maximum absolute atomic E-state index is 13.2. The van der Waals surface area contributed by atoms with E-state index in [1.165, 1.54) is 43.9 Å². The minimum atomic E-state index is -4.22. The number of aromatic nitrogens is 3. The van der Waals surface area contributed by atoms with Gasteiger partial charge in [0, 0.05) is 23.5 Å². The molecule has 1 fully saturated rings. The number of amides is 1. The fourth-order valence-corrected chi connectivity index (χ4v) is 5.34. The summed E-state index contributed by atoms with van der Waals surface area (Å²) in [5, 5.41) is 7.57. The number of hydrogen-bond donors (Lipinski definition) is 3. The molecule has 1 amide bonds. The van der Waals surface area contributed by atoms with Crippen LogP contribution in [-0.4, -0.2) is 41.2 Å². The molecule has 2 heterocycles. The average Bonchev–Trinajstić information content (AvgIpc) is 3.56. The van der Waals surface area contributed by atoms with Gasteiger partial charge in [0.25, 0.3) is 15.9 Å². The summed E-state index contributed by atoms with van der Waals surface area (Å²) in [6.07, 6.45) is 8.77. The number of benzene rings is 1. The Kier molecular flexibility index (Phi) is 8.25.